The number of aromatic nitrogens is 1. The molecule has 0 fully saturated rings. The van der Waals surface area contributed by atoms with Gasteiger partial charge in [0, 0.05) is 17.7 Å². The number of carbonyl (C=O) groups excluding carboxylic acids is 2. The van der Waals surface area contributed by atoms with E-state index in [2.05, 4.69) is 10.3 Å². The van der Waals surface area contributed by atoms with Gasteiger partial charge in [0.15, 0.2) is 5.78 Å². The third-order valence-corrected chi connectivity index (χ3v) is 5.88. The van der Waals surface area contributed by atoms with E-state index in [4.69, 9.17) is 4.42 Å². The SMILES string of the molecule is Cc1nc2c(s1)CCC[C@@H]2NC(=O)c1c(C)oc2c1C(=O)CCC2. The van der Waals surface area contributed by atoms with Crippen LogP contribution in [-0.2, 0) is 12.8 Å². The fourth-order valence-corrected chi connectivity index (χ4v) is 4.83. The molecule has 2 heterocycles. The minimum atomic E-state index is -0.212. The van der Waals surface area contributed by atoms with Gasteiger partial charge in [0.2, 0.25) is 0 Å². The zero-order valence-electron chi connectivity index (χ0n) is 13.9. The zero-order chi connectivity index (χ0) is 16.8. The second-order valence-corrected chi connectivity index (χ2v) is 7.86. The molecule has 2 aromatic heterocycles. The Labute approximate surface area is 144 Å². The molecule has 2 aliphatic carbocycles. The van der Waals surface area contributed by atoms with Crippen molar-refractivity contribution in [2.75, 3.05) is 0 Å². The number of aryl methyl sites for hydroxylation is 4. The number of nitrogens with zero attached hydrogens (tertiary/aromatic N) is 1. The summed E-state index contributed by atoms with van der Waals surface area (Å²) in [5.74, 6) is 1.02. The number of furan rings is 1. The van der Waals surface area contributed by atoms with Gasteiger partial charge < -0.3 is 9.73 Å². The zero-order valence-corrected chi connectivity index (χ0v) is 14.7. The summed E-state index contributed by atoms with van der Waals surface area (Å²) in [4.78, 5) is 31.0. The number of carbonyl (C=O) groups is 2. The van der Waals surface area contributed by atoms with E-state index in [0.717, 1.165) is 42.8 Å². The molecular formula is C18H20N2O3S. The molecular weight excluding hydrogens is 324 g/mol. The Bertz CT molecular complexity index is 834. The molecule has 2 aliphatic rings. The van der Waals surface area contributed by atoms with Crippen molar-refractivity contribution < 1.29 is 14.0 Å². The molecule has 2 aromatic rings. The summed E-state index contributed by atoms with van der Waals surface area (Å²) in [6.07, 6.45) is 4.98. The van der Waals surface area contributed by atoms with Gasteiger partial charge in [0.05, 0.1) is 27.9 Å². The van der Waals surface area contributed by atoms with Crippen molar-refractivity contribution >= 4 is 23.0 Å². The average molecular weight is 344 g/mol. The number of amides is 1. The van der Waals surface area contributed by atoms with E-state index >= 15 is 0 Å². The van der Waals surface area contributed by atoms with Gasteiger partial charge >= 0.3 is 0 Å². The van der Waals surface area contributed by atoms with Gasteiger partial charge in [-0.2, -0.15) is 0 Å². The summed E-state index contributed by atoms with van der Waals surface area (Å²) in [5, 5.41) is 4.13. The van der Waals surface area contributed by atoms with Crippen LogP contribution in [0.4, 0.5) is 0 Å². The van der Waals surface area contributed by atoms with Gasteiger partial charge in [-0.3, -0.25) is 9.59 Å². The molecule has 0 saturated heterocycles. The predicted octanol–water partition coefficient (Wildman–Crippen LogP) is 3.68. The first kappa shape index (κ1) is 15.6. The van der Waals surface area contributed by atoms with Crippen LogP contribution in [-0.4, -0.2) is 16.7 Å². The van der Waals surface area contributed by atoms with E-state index in [1.165, 1.54) is 4.88 Å². The molecule has 0 unspecified atom stereocenters. The summed E-state index contributed by atoms with van der Waals surface area (Å²) in [6, 6.07) is -0.0742. The summed E-state index contributed by atoms with van der Waals surface area (Å²) >= 11 is 1.71. The minimum absolute atomic E-state index is 0.0204. The third kappa shape index (κ3) is 2.49. The van der Waals surface area contributed by atoms with Crippen LogP contribution in [0, 0.1) is 13.8 Å². The summed E-state index contributed by atoms with van der Waals surface area (Å²) in [7, 11) is 0. The Balaban J connectivity index is 1.64. The van der Waals surface area contributed by atoms with E-state index in [0.29, 0.717) is 29.1 Å². The van der Waals surface area contributed by atoms with Crippen LogP contribution in [0.2, 0.25) is 0 Å². The summed E-state index contributed by atoms with van der Waals surface area (Å²) in [6.45, 7) is 3.76. The highest BCUT2D eigenvalue weighted by Crippen LogP contribution is 2.34. The molecule has 24 heavy (non-hydrogen) atoms. The molecule has 0 aromatic carbocycles. The van der Waals surface area contributed by atoms with Crippen molar-refractivity contribution in [3.8, 4) is 0 Å². The monoisotopic (exact) mass is 344 g/mol. The van der Waals surface area contributed by atoms with Gasteiger partial charge in [0.1, 0.15) is 11.5 Å². The number of rotatable bonds is 2. The lowest BCUT2D eigenvalue weighted by atomic mass is 9.92. The number of nitrogens with one attached hydrogen (secondary N) is 1. The van der Waals surface area contributed by atoms with Crippen molar-refractivity contribution in [1.82, 2.24) is 10.3 Å². The fraction of sp³-hybridized carbons (Fsp3) is 0.500. The van der Waals surface area contributed by atoms with E-state index in [1.54, 1.807) is 18.3 Å². The Morgan fingerprint density at radius 3 is 2.92 bits per heavy atom. The minimum Gasteiger partial charge on any atom is -0.465 e. The Hall–Kier alpha value is -1.95. The van der Waals surface area contributed by atoms with Crippen LogP contribution < -0.4 is 5.32 Å². The summed E-state index contributed by atoms with van der Waals surface area (Å²) in [5.41, 5.74) is 1.92. The standard InChI is InChI=1S/C18H20N2O3S/c1-9-15(16-12(21)6-4-7-13(16)23-9)18(22)20-11-5-3-8-14-17(11)19-10(2)24-14/h11H,3-8H2,1-2H3,(H,20,22)/t11-/m0/s1. The summed E-state index contributed by atoms with van der Waals surface area (Å²) < 4.78 is 5.70. The first-order chi connectivity index (χ1) is 11.5. The van der Waals surface area contributed by atoms with Crippen LogP contribution in [0.15, 0.2) is 4.42 Å². The van der Waals surface area contributed by atoms with Gasteiger partial charge in [-0.05, 0) is 39.5 Å². The molecule has 0 spiro atoms. The Kier molecular flexibility index (Phi) is 3.79. The van der Waals surface area contributed by atoms with E-state index < -0.39 is 0 Å². The fourth-order valence-electron chi connectivity index (χ4n) is 3.79. The van der Waals surface area contributed by atoms with Crippen LogP contribution in [0.5, 0.6) is 0 Å². The smallest absolute Gasteiger partial charge is 0.256 e. The Morgan fingerprint density at radius 1 is 1.25 bits per heavy atom. The first-order valence-corrected chi connectivity index (χ1v) is 9.28. The molecule has 0 aliphatic heterocycles. The lowest BCUT2D eigenvalue weighted by Crippen LogP contribution is -2.32. The highest BCUT2D eigenvalue weighted by atomic mass is 32.1. The third-order valence-electron chi connectivity index (χ3n) is 4.84. The quantitative estimate of drug-likeness (QED) is 0.902. The topological polar surface area (TPSA) is 72.2 Å². The van der Waals surface area contributed by atoms with Crippen LogP contribution in [0.1, 0.15) is 79.5 Å². The maximum absolute atomic E-state index is 12.9. The maximum atomic E-state index is 12.9. The van der Waals surface area contributed by atoms with Crippen molar-refractivity contribution in [3.63, 3.8) is 0 Å². The lowest BCUT2D eigenvalue weighted by molar-refractivity contribution is 0.0912. The van der Waals surface area contributed by atoms with E-state index in [1.807, 2.05) is 6.92 Å². The predicted molar refractivity (Wildman–Crippen MR) is 90.7 cm³/mol. The van der Waals surface area contributed by atoms with Crippen molar-refractivity contribution in [2.45, 2.75) is 58.4 Å². The van der Waals surface area contributed by atoms with Crippen molar-refractivity contribution in [2.24, 2.45) is 0 Å². The molecule has 0 radical (unpaired) electrons. The van der Waals surface area contributed by atoms with Gasteiger partial charge in [0.25, 0.3) is 5.91 Å². The first-order valence-electron chi connectivity index (χ1n) is 8.47. The molecule has 1 N–H and O–H groups in total. The molecule has 1 atom stereocenters. The molecule has 126 valence electrons. The van der Waals surface area contributed by atoms with Gasteiger partial charge in [-0.25, -0.2) is 4.98 Å². The molecule has 4 rings (SSSR count). The molecule has 0 bridgehead atoms. The molecule has 1 amide bonds. The molecule has 6 heteroatoms. The second kappa shape index (κ2) is 5.84. The number of hydrogen-bond donors (Lipinski definition) is 1. The van der Waals surface area contributed by atoms with Gasteiger partial charge in [-0.15, -0.1) is 11.3 Å². The normalized spacial score (nSPS) is 19.8. The van der Waals surface area contributed by atoms with Crippen molar-refractivity contribution in [1.29, 1.82) is 0 Å². The second-order valence-electron chi connectivity index (χ2n) is 6.57. The largest absolute Gasteiger partial charge is 0.465 e. The molecule has 0 saturated carbocycles. The number of Topliss-reactive ketones (excluding diaryl/α,β-unsaturated/α-hetero) is 1. The van der Waals surface area contributed by atoms with E-state index in [-0.39, 0.29) is 17.7 Å². The van der Waals surface area contributed by atoms with E-state index in [9.17, 15) is 9.59 Å². The average Bonchev–Trinajstić information content (AvgIpc) is 3.07. The highest BCUT2D eigenvalue weighted by molar-refractivity contribution is 7.11. The number of hydrogen-bond acceptors (Lipinski definition) is 5. The highest BCUT2D eigenvalue weighted by Gasteiger charge is 2.32. The number of fused-ring (bicyclic) bond motifs is 2. The molecule has 5 nitrogen and oxygen atoms in total. The Morgan fingerprint density at radius 2 is 2.08 bits per heavy atom. The maximum Gasteiger partial charge on any atom is 0.256 e. The van der Waals surface area contributed by atoms with Crippen LogP contribution >= 0.6 is 11.3 Å². The van der Waals surface area contributed by atoms with Gasteiger partial charge in [-0.1, -0.05) is 0 Å². The van der Waals surface area contributed by atoms with Crippen LogP contribution in [0.25, 0.3) is 0 Å². The number of ketones is 1. The van der Waals surface area contributed by atoms with Crippen LogP contribution in [0.3, 0.4) is 0 Å². The lowest BCUT2D eigenvalue weighted by Gasteiger charge is -2.22. The van der Waals surface area contributed by atoms with Crippen molar-refractivity contribution in [3.05, 3.63) is 38.2 Å². The number of thiazole rings is 1.